The Morgan fingerprint density at radius 1 is 1.36 bits per heavy atom. The molecule has 2 N–H and O–H groups in total. The maximum atomic E-state index is 12.8. The molecule has 2 unspecified atom stereocenters. The highest BCUT2D eigenvalue weighted by atomic mass is 32.2. The predicted molar refractivity (Wildman–Crippen MR) is 95.0 cm³/mol. The van der Waals surface area contributed by atoms with E-state index in [2.05, 4.69) is 4.72 Å². The van der Waals surface area contributed by atoms with Crippen molar-refractivity contribution >= 4 is 27.6 Å². The predicted octanol–water partition coefficient (Wildman–Crippen LogP) is 2.16. The smallest absolute Gasteiger partial charge is 0.326 e. The topological polar surface area (TPSA) is 104 Å². The van der Waals surface area contributed by atoms with Crippen molar-refractivity contribution in [2.45, 2.75) is 39.2 Å². The number of carbonyl (C=O) groups excluding carboxylic acids is 1. The second-order valence-corrected chi connectivity index (χ2v) is 8.33. The number of sulfonamides is 1. The fraction of sp³-hybridized carbons (Fsp3) is 0.529. The molecule has 7 nitrogen and oxygen atoms in total. The fourth-order valence-corrected chi connectivity index (χ4v) is 4.13. The first-order valence-electron chi connectivity index (χ1n) is 8.38. The molecular formula is C17H24N2O5S. The maximum absolute atomic E-state index is 12.8. The third-order valence-corrected chi connectivity index (χ3v) is 5.76. The van der Waals surface area contributed by atoms with Crippen LogP contribution in [0.1, 0.15) is 43.5 Å². The summed E-state index contributed by atoms with van der Waals surface area (Å²) >= 11 is 0. The van der Waals surface area contributed by atoms with E-state index in [4.69, 9.17) is 0 Å². The van der Waals surface area contributed by atoms with Gasteiger partial charge in [-0.3, -0.25) is 9.52 Å². The summed E-state index contributed by atoms with van der Waals surface area (Å²) in [6, 6.07) is 5.32. The lowest BCUT2D eigenvalue weighted by atomic mass is 9.92. The Balaban J connectivity index is 2.22. The van der Waals surface area contributed by atoms with Crippen molar-refractivity contribution in [1.82, 2.24) is 4.90 Å². The highest BCUT2D eigenvalue weighted by Crippen LogP contribution is 2.25. The largest absolute Gasteiger partial charge is 0.480 e. The quantitative estimate of drug-likeness (QED) is 0.801. The molecule has 1 amide bonds. The van der Waals surface area contributed by atoms with Gasteiger partial charge in [-0.25, -0.2) is 13.2 Å². The van der Waals surface area contributed by atoms with Crippen LogP contribution in [0.25, 0.3) is 0 Å². The van der Waals surface area contributed by atoms with Gasteiger partial charge in [0.1, 0.15) is 6.04 Å². The van der Waals surface area contributed by atoms with Crippen molar-refractivity contribution in [2.24, 2.45) is 5.92 Å². The summed E-state index contributed by atoms with van der Waals surface area (Å²) in [5.74, 6) is -1.16. The van der Waals surface area contributed by atoms with E-state index in [1.165, 1.54) is 11.0 Å². The van der Waals surface area contributed by atoms with E-state index < -0.39 is 27.9 Å². The number of likely N-dealkylation sites (tertiary alicyclic amines) is 1. The molecule has 0 saturated carbocycles. The average Bonchev–Trinajstić information content (AvgIpc) is 2.53. The normalized spacial score (nSPS) is 21.0. The Morgan fingerprint density at radius 3 is 2.72 bits per heavy atom. The summed E-state index contributed by atoms with van der Waals surface area (Å²) < 4.78 is 26.2. The van der Waals surface area contributed by atoms with E-state index in [9.17, 15) is 23.1 Å². The van der Waals surface area contributed by atoms with Crippen LogP contribution in [0, 0.1) is 5.92 Å². The summed E-state index contributed by atoms with van der Waals surface area (Å²) in [6.45, 7) is 4.12. The number of nitrogens with one attached hydrogen (secondary N) is 1. The number of carboxylic acids is 1. The van der Waals surface area contributed by atoms with Crippen LogP contribution >= 0.6 is 0 Å². The van der Waals surface area contributed by atoms with Gasteiger partial charge >= 0.3 is 5.97 Å². The van der Waals surface area contributed by atoms with Crippen LogP contribution < -0.4 is 4.72 Å². The van der Waals surface area contributed by atoms with Gasteiger partial charge in [-0.1, -0.05) is 19.9 Å². The van der Waals surface area contributed by atoms with Gasteiger partial charge in [-0.2, -0.15) is 0 Å². The molecule has 1 aliphatic rings. The SMILES string of the molecule is CCCS(=O)(=O)Nc1cccc(C(=O)N2CCC(C)CC2C(=O)O)c1. The number of anilines is 1. The summed E-state index contributed by atoms with van der Waals surface area (Å²) in [5, 5.41) is 9.40. The Morgan fingerprint density at radius 2 is 2.08 bits per heavy atom. The standard InChI is InChI=1S/C17H24N2O5S/c1-3-9-25(23,24)18-14-6-4-5-13(11-14)16(20)19-8-7-12(2)10-15(19)17(21)22/h4-6,11-12,15,18H,3,7-10H2,1-2H3,(H,21,22). The van der Waals surface area contributed by atoms with E-state index in [-0.39, 0.29) is 17.2 Å². The molecule has 25 heavy (non-hydrogen) atoms. The second-order valence-electron chi connectivity index (χ2n) is 6.48. The number of hydrogen-bond acceptors (Lipinski definition) is 4. The first-order chi connectivity index (χ1) is 11.7. The minimum Gasteiger partial charge on any atom is -0.480 e. The van der Waals surface area contributed by atoms with Gasteiger partial charge in [0.25, 0.3) is 5.91 Å². The number of aliphatic carboxylic acids is 1. The highest BCUT2D eigenvalue weighted by Gasteiger charge is 2.35. The maximum Gasteiger partial charge on any atom is 0.326 e. The monoisotopic (exact) mass is 368 g/mol. The summed E-state index contributed by atoms with van der Waals surface area (Å²) in [4.78, 5) is 25.6. The van der Waals surface area contributed by atoms with Crippen molar-refractivity contribution in [3.63, 3.8) is 0 Å². The average molecular weight is 368 g/mol. The summed E-state index contributed by atoms with van der Waals surface area (Å²) in [6.07, 6.45) is 1.66. The van der Waals surface area contributed by atoms with Crippen LogP contribution in [0.2, 0.25) is 0 Å². The molecule has 0 radical (unpaired) electrons. The van der Waals surface area contributed by atoms with E-state index in [0.717, 1.165) is 6.42 Å². The fourth-order valence-electron chi connectivity index (χ4n) is 3.00. The zero-order chi connectivity index (χ0) is 18.6. The minimum atomic E-state index is -3.45. The Kier molecular flexibility index (Phi) is 6.05. The molecule has 1 fully saturated rings. The van der Waals surface area contributed by atoms with Gasteiger partial charge < -0.3 is 10.0 Å². The molecule has 0 aliphatic carbocycles. The number of piperidine rings is 1. The van der Waals surface area contributed by atoms with Crippen LogP contribution in [0.3, 0.4) is 0 Å². The number of carbonyl (C=O) groups is 2. The van der Waals surface area contributed by atoms with Gasteiger partial charge in [0, 0.05) is 17.8 Å². The van der Waals surface area contributed by atoms with Crippen LogP contribution in [0.15, 0.2) is 24.3 Å². The van der Waals surface area contributed by atoms with Gasteiger partial charge in [0.2, 0.25) is 10.0 Å². The lowest BCUT2D eigenvalue weighted by Crippen LogP contribution is -2.49. The molecule has 1 aromatic carbocycles. The zero-order valence-corrected chi connectivity index (χ0v) is 15.3. The number of nitrogens with zero attached hydrogens (tertiary/aromatic N) is 1. The Hall–Kier alpha value is -2.09. The number of carboxylic acid groups (broad SMARTS) is 1. The number of benzene rings is 1. The van der Waals surface area contributed by atoms with E-state index in [1.54, 1.807) is 25.1 Å². The first kappa shape index (κ1) is 19.2. The zero-order valence-electron chi connectivity index (χ0n) is 14.4. The molecule has 0 bridgehead atoms. The summed E-state index contributed by atoms with van der Waals surface area (Å²) in [5.41, 5.74) is 0.578. The van der Waals surface area contributed by atoms with Crippen LogP contribution in [-0.4, -0.2) is 48.6 Å². The highest BCUT2D eigenvalue weighted by molar-refractivity contribution is 7.92. The van der Waals surface area contributed by atoms with Crippen molar-refractivity contribution in [1.29, 1.82) is 0 Å². The molecule has 8 heteroatoms. The van der Waals surface area contributed by atoms with E-state index >= 15 is 0 Å². The molecule has 138 valence electrons. The molecule has 1 aliphatic heterocycles. The van der Waals surface area contributed by atoms with Gasteiger partial charge in [-0.05, 0) is 43.4 Å². The first-order valence-corrected chi connectivity index (χ1v) is 10.0. The van der Waals surface area contributed by atoms with Gasteiger partial charge in [0.05, 0.1) is 5.75 Å². The van der Waals surface area contributed by atoms with Crippen molar-refractivity contribution in [3.8, 4) is 0 Å². The van der Waals surface area contributed by atoms with Gasteiger partial charge in [-0.15, -0.1) is 0 Å². The minimum absolute atomic E-state index is 0.00369. The van der Waals surface area contributed by atoms with Gasteiger partial charge in [0.15, 0.2) is 0 Å². The third-order valence-electron chi connectivity index (χ3n) is 4.27. The molecule has 0 spiro atoms. The molecule has 1 heterocycles. The number of hydrogen-bond donors (Lipinski definition) is 2. The van der Waals surface area contributed by atoms with E-state index in [0.29, 0.717) is 25.1 Å². The third kappa shape index (κ3) is 4.94. The van der Waals surface area contributed by atoms with Crippen molar-refractivity contribution in [2.75, 3.05) is 17.0 Å². The number of rotatable bonds is 6. The molecule has 0 aromatic heterocycles. The van der Waals surface area contributed by atoms with Crippen molar-refractivity contribution in [3.05, 3.63) is 29.8 Å². The van der Waals surface area contributed by atoms with E-state index in [1.807, 2.05) is 6.92 Å². The lowest BCUT2D eigenvalue weighted by molar-refractivity contribution is -0.144. The molecular weight excluding hydrogens is 344 g/mol. The van der Waals surface area contributed by atoms with Crippen LogP contribution in [0.5, 0.6) is 0 Å². The second kappa shape index (κ2) is 7.86. The molecule has 2 rings (SSSR count). The Labute approximate surface area is 148 Å². The van der Waals surface area contributed by atoms with Crippen molar-refractivity contribution < 1.29 is 23.1 Å². The molecule has 1 saturated heterocycles. The van der Waals surface area contributed by atoms with Crippen LogP contribution in [-0.2, 0) is 14.8 Å². The molecule has 2 atom stereocenters. The lowest BCUT2D eigenvalue weighted by Gasteiger charge is -2.36. The summed E-state index contributed by atoms with van der Waals surface area (Å²) in [7, 11) is -3.45. The van der Waals surface area contributed by atoms with Crippen LogP contribution in [0.4, 0.5) is 5.69 Å². The molecule has 1 aromatic rings. The Bertz CT molecular complexity index is 747. The number of amides is 1.